The summed E-state index contributed by atoms with van der Waals surface area (Å²) in [4.78, 5) is 7.22. The molecule has 0 saturated carbocycles. The van der Waals surface area contributed by atoms with Crippen LogP contribution in [-0.4, -0.2) is 17.0 Å². The third kappa shape index (κ3) is 2.61. The molecule has 0 amide bonds. The van der Waals surface area contributed by atoms with E-state index in [1.807, 2.05) is 13.1 Å². The van der Waals surface area contributed by atoms with Crippen molar-refractivity contribution >= 4 is 35.8 Å². The third-order valence-corrected chi connectivity index (χ3v) is 1.87. The molecular formula is C9H13Cl2N3. The van der Waals surface area contributed by atoms with Gasteiger partial charge in [-0.2, -0.15) is 0 Å². The number of aromatic amines is 1. The number of hydrogen-bond acceptors (Lipinski definition) is 2. The molecule has 2 aromatic rings. The average molecular weight is 234 g/mol. The Kier molecular flexibility index (Phi) is 5.53. The van der Waals surface area contributed by atoms with Gasteiger partial charge in [0.15, 0.2) is 0 Å². The highest BCUT2D eigenvalue weighted by Gasteiger charge is 1.96. The van der Waals surface area contributed by atoms with Gasteiger partial charge < -0.3 is 10.3 Å². The van der Waals surface area contributed by atoms with E-state index >= 15 is 0 Å². The molecule has 0 saturated heterocycles. The first-order chi connectivity index (χ1) is 5.90. The highest BCUT2D eigenvalue weighted by molar-refractivity contribution is 5.85. The quantitative estimate of drug-likeness (QED) is 0.835. The minimum Gasteiger partial charge on any atom is -0.345 e. The molecule has 0 bridgehead atoms. The second-order valence-electron chi connectivity index (χ2n) is 2.78. The summed E-state index contributed by atoms with van der Waals surface area (Å²) in [6.45, 7) is 0.898. The number of rotatable bonds is 2. The monoisotopic (exact) mass is 233 g/mol. The molecule has 1 aromatic heterocycles. The van der Waals surface area contributed by atoms with Crippen molar-refractivity contribution in [3.63, 3.8) is 0 Å². The van der Waals surface area contributed by atoms with Crippen LogP contribution < -0.4 is 5.32 Å². The summed E-state index contributed by atoms with van der Waals surface area (Å²) in [5.74, 6) is 0. The van der Waals surface area contributed by atoms with E-state index in [-0.39, 0.29) is 24.8 Å². The summed E-state index contributed by atoms with van der Waals surface area (Å²) in [7, 11) is 1.94. The van der Waals surface area contributed by atoms with Crippen LogP contribution >= 0.6 is 24.8 Å². The average Bonchev–Trinajstić information content (AvgIpc) is 2.51. The van der Waals surface area contributed by atoms with Crippen molar-refractivity contribution in [2.24, 2.45) is 0 Å². The predicted octanol–water partition coefficient (Wildman–Crippen LogP) is 2.13. The normalized spacial score (nSPS) is 9.21. The first-order valence-corrected chi connectivity index (χ1v) is 3.97. The molecule has 1 aromatic carbocycles. The molecule has 3 nitrogen and oxygen atoms in total. The van der Waals surface area contributed by atoms with Crippen LogP contribution in [0.15, 0.2) is 24.5 Å². The Morgan fingerprint density at radius 3 is 2.86 bits per heavy atom. The van der Waals surface area contributed by atoms with Crippen LogP contribution in [0.5, 0.6) is 0 Å². The van der Waals surface area contributed by atoms with Crippen molar-refractivity contribution in [2.75, 3.05) is 7.05 Å². The molecule has 14 heavy (non-hydrogen) atoms. The lowest BCUT2D eigenvalue weighted by Crippen LogP contribution is -2.04. The summed E-state index contributed by atoms with van der Waals surface area (Å²) in [6.07, 6.45) is 1.72. The molecule has 78 valence electrons. The zero-order valence-electron chi connectivity index (χ0n) is 7.78. The van der Waals surface area contributed by atoms with Gasteiger partial charge in [-0.05, 0) is 24.7 Å². The third-order valence-electron chi connectivity index (χ3n) is 1.87. The lowest BCUT2D eigenvalue weighted by molar-refractivity contribution is 0.819. The Hall–Kier alpha value is -0.770. The van der Waals surface area contributed by atoms with E-state index in [2.05, 4.69) is 27.4 Å². The Morgan fingerprint density at radius 1 is 1.36 bits per heavy atom. The summed E-state index contributed by atoms with van der Waals surface area (Å²) < 4.78 is 0. The van der Waals surface area contributed by atoms with Gasteiger partial charge in [-0.1, -0.05) is 6.07 Å². The number of nitrogens with zero attached hydrogens (tertiary/aromatic N) is 1. The Morgan fingerprint density at radius 2 is 2.14 bits per heavy atom. The van der Waals surface area contributed by atoms with Crippen LogP contribution in [0.4, 0.5) is 0 Å². The zero-order valence-corrected chi connectivity index (χ0v) is 9.41. The Bertz CT molecular complexity index is 386. The van der Waals surface area contributed by atoms with Crippen molar-refractivity contribution in [1.29, 1.82) is 0 Å². The zero-order chi connectivity index (χ0) is 8.39. The van der Waals surface area contributed by atoms with Gasteiger partial charge in [-0.15, -0.1) is 24.8 Å². The maximum Gasteiger partial charge on any atom is 0.0931 e. The first-order valence-electron chi connectivity index (χ1n) is 3.97. The van der Waals surface area contributed by atoms with E-state index in [9.17, 15) is 0 Å². The van der Waals surface area contributed by atoms with Crippen LogP contribution in [0.2, 0.25) is 0 Å². The van der Waals surface area contributed by atoms with Gasteiger partial charge in [0.1, 0.15) is 0 Å². The second-order valence-corrected chi connectivity index (χ2v) is 2.78. The highest BCUT2D eigenvalue weighted by atomic mass is 35.5. The fraction of sp³-hybridized carbons (Fsp3) is 0.222. The molecule has 2 rings (SSSR count). The van der Waals surface area contributed by atoms with Crippen molar-refractivity contribution < 1.29 is 0 Å². The van der Waals surface area contributed by atoms with Crippen molar-refractivity contribution in [3.05, 3.63) is 30.1 Å². The van der Waals surface area contributed by atoms with Crippen LogP contribution in [0.1, 0.15) is 5.56 Å². The van der Waals surface area contributed by atoms with Crippen LogP contribution in [0.3, 0.4) is 0 Å². The van der Waals surface area contributed by atoms with Gasteiger partial charge >= 0.3 is 0 Å². The van der Waals surface area contributed by atoms with E-state index in [1.54, 1.807) is 6.33 Å². The van der Waals surface area contributed by atoms with Gasteiger partial charge in [0.25, 0.3) is 0 Å². The fourth-order valence-electron chi connectivity index (χ4n) is 1.30. The molecule has 0 fully saturated rings. The van der Waals surface area contributed by atoms with Gasteiger partial charge in [-0.3, -0.25) is 0 Å². The predicted molar refractivity (Wildman–Crippen MR) is 63.4 cm³/mol. The van der Waals surface area contributed by atoms with E-state index in [0.717, 1.165) is 17.6 Å². The van der Waals surface area contributed by atoms with E-state index in [4.69, 9.17) is 0 Å². The molecule has 0 spiro atoms. The Labute approximate surface area is 95.1 Å². The maximum atomic E-state index is 4.14. The van der Waals surface area contributed by atoms with Gasteiger partial charge in [0.05, 0.1) is 17.4 Å². The smallest absolute Gasteiger partial charge is 0.0931 e. The molecule has 0 aliphatic heterocycles. The maximum absolute atomic E-state index is 4.14. The number of imidazole rings is 1. The van der Waals surface area contributed by atoms with E-state index < -0.39 is 0 Å². The largest absolute Gasteiger partial charge is 0.345 e. The molecular weight excluding hydrogens is 221 g/mol. The fourth-order valence-corrected chi connectivity index (χ4v) is 1.30. The molecule has 0 aliphatic rings. The molecule has 0 unspecified atom stereocenters. The van der Waals surface area contributed by atoms with Crippen LogP contribution in [-0.2, 0) is 6.54 Å². The first kappa shape index (κ1) is 13.2. The molecule has 0 aliphatic carbocycles. The Balaban J connectivity index is 0.000000845. The summed E-state index contributed by atoms with van der Waals surface area (Å²) in [5.41, 5.74) is 3.40. The lowest BCUT2D eigenvalue weighted by Gasteiger charge is -1.98. The minimum absolute atomic E-state index is 0. The number of aromatic nitrogens is 2. The molecule has 0 radical (unpaired) electrons. The molecule has 0 atom stereocenters. The standard InChI is InChI=1S/C9H11N3.2ClH/c1-10-5-7-2-3-8-9(4-7)12-6-11-8;;/h2-4,6,10H,5H2,1H3,(H,11,12);2*1H. The van der Waals surface area contributed by atoms with Gasteiger partial charge in [0.2, 0.25) is 0 Å². The van der Waals surface area contributed by atoms with Crippen LogP contribution in [0, 0.1) is 0 Å². The molecule has 5 heteroatoms. The number of fused-ring (bicyclic) bond motifs is 1. The van der Waals surface area contributed by atoms with Crippen LogP contribution in [0.25, 0.3) is 11.0 Å². The van der Waals surface area contributed by atoms with Crippen molar-refractivity contribution in [3.8, 4) is 0 Å². The lowest BCUT2D eigenvalue weighted by atomic mass is 10.2. The highest BCUT2D eigenvalue weighted by Crippen LogP contribution is 2.10. The second kappa shape index (κ2) is 5.86. The van der Waals surface area contributed by atoms with E-state index in [1.165, 1.54) is 5.56 Å². The van der Waals surface area contributed by atoms with Gasteiger partial charge in [0, 0.05) is 6.54 Å². The van der Waals surface area contributed by atoms with Crippen molar-refractivity contribution in [1.82, 2.24) is 15.3 Å². The topological polar surface area (TPSA) is 40.7 Å². The SMILES string of the molecule is CNCc1ccc2nc[nH]c2c1.Cl.Cl. The van der Waals surface area contributed by atoms with E-state index in [0.29, 0.717) is 0 Å². The van der Waals surface area contributed by atoms with Gasteiger partial charge in [-0.25, -0.2) is 4.98 Å². The minimum atomic E-state index is 0. The summed E-state index contributed by atoms with van der Waals surface area (Å²) in [6, 6.07) is 6.22. The number of H-pyrrole nitrogens is 1. The number of benzene rings is 1. The number of nitrogens with one attached hydrogen (secondary N) is 2. The summed E-state index contributed by atoms with van der Waals surface area (Å²) >= 11 is 0. The molecule has 1 heterocycles. The number of halogens is 2. The number of hydrogen-bond donors (Lipinski definition) is 2. The van der Waals surface area contributed by atoms with Crippen molar-refractivity contribution in [2.45, 2.75) is 6.54 Å². The summed E-state index contributed by atoms with van der Waals surface area (Å²) in [5, 5.41) is 3.11. The molecule has 2 N–H and O–H groups in total.